The van der Waals surface area contributed by atoms with Gasteiger partial charge in [-0.1, -0.05) is 18.2 Å². The van der Waals surface area contributed by atoms with E-state index in [2.05, 4.69) is 0 Å². The number of rotatable bonds is 4. The molecule has 0 aliphatic carbocycles. The van der Waals surface area contributed by atoms with Gasteiger partial charge < -0.3 is 4.74 Å². The van der Waals surface area contributed by atoms with Gasteiger partial charge in [-0.05, 0) is 24.5 Å². The molecule has 1 heterocycles. The van der Waals surface area contributed by atoms with Crippen molar-refractivity contribution in [3.63, 3.8) is 0 Å². The molecule has 1 aliphatic rings. The van der Waals surface area contributed by atoms with Crippen LogP contribution in [0.15, 0.2) is 24.3 Å². The first kappa shape index (κ1) is 15.3. The predicted octanol–water partition coefficient (Wildman–Crippen LogP) is 2.80. The average Bonchev–Trinajstić information content (AvgIpc) is 2.79. The van der Waals surface area contributed by atoms with Gasteiger partial charge >= 0.3 is 6.18 Å². The Hall–Kier alpha value is -1.08. The van der Waals surface area contributed by atoms with Gasteiger partial charge in [-0.3, -0.25) is 0 Å². The van der Waals surface area contributed by atoms with Crippen LogP contribution in [-0.2, 0) is 26.5 Å². The van der Waals surface area contributed by atoms with Crippen molar-refractivity contribution in [3.05, 3.63) is 35.4 Å². The molecule has 1 aromatic carbocycles. The number of sulfone groups is 1. The number of hydrogen-bond donors (Lipinski definition) is 0. The third kappa shape index (κ3) is 4.21. The van der Waals surface area contributed by atoms with E-state index in [1.165, 1.54) is 12.1 Å². The van der Waals surface area contributed by atoms with Gasteiger partial charge in [0.15, 0.2) is 9.84 Å². The third-order valence-electron chi connectivity index (χ3n) is 3.10. The average molecular weight is 308 g/mol. The highest BCUT2D eigenvalue weighted by atomic mass is 32.2. The summed E-state index contributed by atoms with van der Waals surface area (Å²) in [5.74, 6) is -0.528. The van der Waals surface area contributed by atoms with Crippen molar-refractivity contribution in [1.29, 1.82) is 0 Å². The highest BCUT2D eigenvalue weighted by Crippen LogP contribution is 2.30. The molecule has 1 atom stereocenters. The summed E-state index contributed by atoms with van der Waals surface area (Å²) in [5, 5.41) is 0. The van der Waals surface area contributed by atoms with Crippen LogP contribution in [0, 0.1) is 0 Å². The first-order chi connectivity index (χ1) is 9.26. The highest BCUT2D eigenvalue weighted by Gasteiger charge is 2.31. The van der Waals surface area contributed by atoms with E-state index in [4.69, 9.17) is 4.74 Å². The van der Waals surface area contributed by atoms with Crippen LogP contribution < -0.4 is 0 Å². The second kappa shape index (κ2) is 5.73. The van der Waals surface area contributed by atoms with Crippen LogP contribution in [0.2, 0.25) is 0 Å². The summed E-state index contributed by atoms with van der Waals surface area (Å²) in [6.07, 6.45) is -3.29. The molecule has 0 aromatic heterocycles. The minimum Gasteiger partial charge on any atom is -0.377 e. The molecule has 20 heavy (non-hydrogen) atoms. The fourth-order valence-electron chi connectivity index (χ4n) is 2.21. The first-order valence-electron chi connectivity index (χ1n) is 6.24. The van der Waals surface area contributed by atoms with Crippen LogP contribution in [0.25, 0.3) is 0 Å². The van der Waals surface area contributed by atoms with Crippen molar-refractivity contribution in [1.82, 2.24) is 0 Å². The fraction of sp³-hybridized carbons (Fsp3) is 0.538. The Labute approximate surface area is 115 Å². The Morgan fingerprint density at radius 3 is 2.65 bits per heavy atom. The Balaban J connectivity index is 2.08. The minimum absolute atomic E-state index is 0.136. The monoisotopic (exact) mass is 308 g/mol. The van der Waals surface area contributed by atoms with Crippen LogP contribution in [0.4, 0.5) is 13.2 Å². The fourth-order valence-corrected chi connectivity index (χ4v) is 3.84. The van der Waals surface area contributed by atoms with Crippen LogP contribution in [0.3, 0.4) is 0 Å². The van der Waals surface area contributed by atoms with Crippen molar-refractivity contribution in [2.45, 2.75) is 30.9 Å². The maximum Gasteiger partial charge on any atom is 0.416 e. The second-order valence-corrected chi connectivity index (χ2v) is 7.00. The lowest BCUT2D eigenvalue weighted by molar-refractivity contribution is -0.137. The Kier molecular flexibility index (Phi) is 4.39. The molecule has 1 fully saturated rings. The van der Waals surface area contributed by atoms with E-state index in [-0.39, 0.29) is 17.4 Å². The quantitative estimate of drug-likeness (QED) is 0.859. The molecular weight excluding hydrogens is 293 g/mol. The van der Waals surface area contributed by atoms with E-state index >= 15 is 0 Å². The lowest BCUT2D eigenvalue weighted by atomic mass is 10.1. The molecule has 1 unspecified atom stereocenters. The van der Waals surface area contributed by atoms with Crippen LogP contribution in [0.5, 0.6) is 0 Å². The maximum atomic E-state index is 12.6. The molecule has 0 radical (unpaired) electrons. The van der Waals surface area contributed by atoms with E-state index < -0.39 is 27.3 Å². The smallest absolute Gasteiger partial charge is 0.377 e. The minimum atomic E-state index is -4.46. The van der Waals surface area contributed by atoms with Gasteiger partial charge in [0.1, 0.15) is 0 Å². The van der Waals surface area contributed by atoms with Gasteiger partial charge in [0.2, 0.25) is 0 Å². The van der Waals surface area contributed by atoms with Crippen molar-refractivity contribution in [2.24, 2.45) is 0 Å². The molecule has 1 saturated heterocycles. The molecule has 7 heteroatoms. The molecule has 0 spiro atoms. The molecule has 1 aliphatic heterocycles. The molecule has 0 bridgehead atoms. The van der Waals surface area contributed by atoms with E-state index in [1.54, 1.807) is 0 Å². The summed E-state index contributed by atoms with van der Waals surface area (Å²) in [4.78, 5) is 0. The SMILES string of the molecule is O=S(=O)(Cc1cccc(C(F)(F)F)c1)CC1CCCO1. The summed E-state index contributed by atoms with van der Waals surface area (Å²) >= 11 is 0. The molecule has 0 N–H and O–H groups in total. The summed E-state index contributed by atoms with van der Waals surface area (Å²) in [6, 6.07) is 4.42. The Morgan fingerprint density at radius 2 is 2.05 bits per heavy atom. The van der Waals surface area contributed by atoms with Gasteiger partial charge in [0.05, 0.1) is 23.2 Å². The predicted molar refractivity (Wildman–Crippen MR) is 67.9 cm³/mol. The molecule has 2 rings (SSSR count). The van der Waals surface area contributed by atoms with Gasteiger partial charge in [0.25, 0.3) is 0 Å². The molecule has 0 amide bonds. The van der Waals surface area contributed by atoms with Gasteiger partial charge in [-0.15, -0.1) is 0 Å². The van der Waals surface area contributed by atoms with E-state index in [9.17, 15) is 21.6 Å². The first-order valence-corrected chi connectivity index (χ1v) is 8.06. The number of alkyl halides is 3. The summed E-state index contributed by atoms with van der Waals surface area (Å²) < 4.78 is 66.8. The van der Waals surface area contributed by atoms with Crippen LogP contribution in [-0.4, -0.2) is 26.9 Å². The third-order valence-corrected chi connectivity index (χ3v) is 4.76. The van der Waals surface area contributed by atoms with E-state index in [0.717, 1.165) is 18.6 Å². The summed E-state index contributed by atoms with van der Waals surface area (Å²) in [7, 11) is -3.47. The van der Waals surface area contributed by atoms with Gasteiger partial charge in [-0.2, -0.15) is 13.2 Å². The zero-order valence-corrected chi connectivity index (χ0v) is 11.5. The van der Waals surface area contributed by atoms with Crippen molar-refractivity contribution in [2.75, 3.05) is 12.4 Å². The molecular formula is C13H15F3O3S. The Morgan fingerprint density at radius 1 is 1.30 bits per heavy atom. The molecule has 0 saturated carbocycles. The van der Waals surface area contributed by atoms with Crippen LogP contribution in [0.1, 0.15) is 24.0 Å². The normalized spacial score (nSPS) is 20.2. The summed E-state index contributed by atoms with van der Waals surface area (Å²) in [5.41, 5.74) is -0.680. The largest absolute Gasteiger partial charge is 0.416 e. The lowest BCUT2D eigenvalue weighted by Crippen LogP contribution is -2.21. The van der Waals surface area contributed by atoms with Gasteiger partial charge in [0, 0.05) is 6.61 Å². The molecule has 3 nitrogen and oxygen atoms in total. The topological polar surface area (TPSA) is 43.4 Å². The van der Waals surface area contributed by atoms with Crippen LogP contribution >= 0.6 is 0 Å². The molecule has 112 valence electrons. The van der Waals surface area contributed by atoms with Crippen molar-refractivity contribution >= 4 is 9.84 Å². The lowest BCUT2D eigenvalue weighted by Gasteiger charge is -2.11. The standard InChI is InChI=1S/C13H15F3O3S/c14-13(15,16)11-4-1-3-10(7-11)8-20(17,18)9-12-5-2-6-19-12/h1,3-4,7,12H,2,5-6,8-9H2. The molecule has 1 aromatic rings. The van der Waals surface area contributed by atoms with Crippen molar-refractivity contribution < 1.29 is 26.3 Å². The zero-order valence-electron chi connectivity index (χ0n) is 10.7. The number of benzene rings is 1. The highest BCUT2D eigenvalue weighted by molar-refractivity contribution is 7.90. The number of ether oxygens (including phenoxy) is 1. The van der Waals surface area contributed by atoms with E-state index in [1.807, 2.05) is 0 Å². The van der Waals surface area contributed by atoms with E-state index in [0.29, 0.717) is 13.0 Å². The number of halogens is 3. The maximum absolute atomic E-state index is 12.6. The second-order valence-electron chi connectivity index (χ2n) is 4.89. The Bertz CT molecular complexity index is 560. The zero-order chi connectivity index (χ0) is 14.8. The number of hydrogen-bond acceptors (Lipinski definition) is 3. The van der Waals surface area contributed by atoms with Crippen molar-refractivity contribution in [3.8, 4) is 0 Å². The summed E-state index contributed by atoms with van der Waals surface area (Å²) in [6.45, 7) is 0.545. The van der Waals surface area contributed by atoms with Gasteiger partial charge in [-0.25, -0.2) is 8.42 Å².